The van der Waals surface area contributed by atoms with Gasteiger partial charge in [0.1, 0.15) is 0 Å². The second kappa shape index (κ2) is 6.72. The van der Waals surface area contributed by atoms with Gasteiger partial charge in [0.05, 0.1) is 26.1 Å². The summed E-state index contributed by atoms with van der Waals surface area (Å²) in [6.45, 7) is 1.87. The molecular formula is C15H15Cl2NOS. The molecule has 2 aromatic carbocycles. The predicted molar refractivity (Wildman–Crippen MR) is 85.7 cm³/mol. The summed E-state index contributed by atoms with van der Waals surface area (Å²) in [5.41, 5.74) is 7.16. The zero-order valence-corrected chi connectivity index (χ0v) is 13.3. The molecule has 20 heavy (non-hydrogen) atoms. The van der Waals surface area contributed by atoms with Crippen LogP contribution in [0.3, 0.4) is 0 Å². The van der Waals surface area contributed by atoms with Crippen LogP contribution in [-0.2, 0) is 10.8 Å². The molecule has 2 nitrogen and oxygen atoms in total. The lowest BCUT2D eigenvalue weighted by atomic mass is 10.1. The molecule has 2 rings (SSSR count). The van der Waals surface area contributed by atoms with Gasteiger partial charge in [-0.1, -0.05) is 53.5 Å². The van der Waals surface area contributed by atoms with Crippen LogP contribution in [0.5, 0.6) is 0 Å². The Kier molecular flexibility index (Phi) is 5.22. The highest BCUT2D eigenvalue weighted by Gasteiger charge is 2.22. The molecule has 3 unspecified atom stereocenters. The van der Waals surface area contributed by atoms with Crippen LogP contribution in [0.25, 0.3) is 0 Å². The quantitative estimate of drug-likeness (QED) is 0.914. The molecule has 0 spiro atoms. The first-order chi connectivity index (χ1) is 9.50. The first-order valence-electron chi connectivity index (χ1n) is 6.17. The van der Waals surface area contributed by atoms with Crippen molar-refractivity contribution in [3.05, 3.63) is 64.1 Å². The molecule has 3 atom stereocenters. The van der Waals surface area contributed by atoms with E-state index in [4.69, 9.17) is 28.9 Å². The minimum Gasteiger partial charge on any atom is -0.323 e. The number of nitrogens with two attached hydrogens (primary N) is 1. The van der Waals surface area contributed by atoms with Crippen LogP contribution in [0.1, 0.15) is 18.5 Å². The van der Waals surface area contributed by atoms with E-state index in [1.54, 1.807) is 18.2 Å². The predicted octanol–water partition coefficient (Wildman–Crippen LogP) is 4.19. The number of hydrogen-bond acceptors (Lipinski definition) is 2. The minimum absolute atomic E-state index is 0.227. The smallest absolute Gasteiger partial charge is 0.0604 e. The standard InChI is InChI=1S/C15H15Cl2NOS/c1-10(15(18)11-5-3-2-4-6-11)20(19)12-7-8-13(16)14(17)9-12/h2-10,15H,18H2,1H3. The summed E-state index contributed by atoms with van der Waals surface area (Å²) in [5, 5.41) is 0.625. The monoisotopic (exact) mass is 327 g/mol. The second-order valence-corrected chi connectivity index (χ2v) is 7.14. The molecular weight excluding hydrogens is 313 g/mol. The zero-order chi connectivity index (χ0) is 14.7. The maximum Gasteiger partial charge on any atom is 0.0604 e. The summed E-state index contributed by atoms with van der Waals surface area (Å²) in [4.78, 5) is 0.637. The van der Waals surface area contributed by atoms with Crippen molar-refractivity contribution >= 4 is 34.0 Å². The van der Waals surface area contributed by atoms with Gasteiger partial charge in [-0.05, 0) is 30.7 Å². The number of rotatable bonds is 4. The van der Waals surface area contributed by atoms with E-state index in [1.807, 2.05) is 37.3 Å². The van der Waals surface area contributed by atoms with Crippen LogP contribution in [0, 0.1) is 0 Å². The van der Waals surface area contributed by atoms with Crippen molar-refractivity contribution in [1.82, 2.24) is 0 Å². The lowest BCUT2D eigenvalue weighted by molar-refractivity contribution is 0.643. The van der Waals surface area contributed by atoms with Gasteiger partial charge in [0.2, 0.25) is 0 Å². The van der Waals surface area contributed by atoms with Crippen LogP contribution in [-0.4, -0.2) is 9.46 Å². The maximum atomic E-state index is 12.6. The van der Waals surface area contributed by atoms with Crippen molar-refractivity contribution in [3.63, 3.8) is 0 Å². The molecule has 0 saturated carbocycles. The molecule has 0 heterocycles. The molecule has 0 aromatic heterocycles. The average molecular weight is 328 g/mol. The van der Waals surface area contributed by atoms with Gasteiger partial charge in [-0.2, -0.15) is 0 Å². The van der Waals surface area contributed by atoms with Gasteiger partial charge < -0.3 is 5.73 Å². The highest BCUT2D eigenvalue weighted by molar-refractivity contribution is 7.85. The highest BCUT2D eigenvalue weighted by Crippen LogP contribution is 2.27. The molecule has 106 valence electrons. The molecule has 0 fully saturated rings. The number of halogens is 2. The topological polar surface area (TPSA) is 43.1 Å². The number of hydrogen-bond donors (Lipinski definition) is 1. The van der Waals surface area contributed by atoms with Crippen LogP contribution in [0.4, 0.5) is 0 Å². The highest BCUT2D eigenvalue weighted by atomic mass is 35.5. The molecule has 0 amide bonds. The van der Waals surface area contributed by atoms with E-state index in [2.05, 4.69) is 0 Å². The Balaban J connectivity index is 2.22. The normalized spacial score (nSPS) is 15.6. The SMILES string of the molecule is CC(C(N)c1ccccc1)S(=O)c1ccc(Cl)c(Cl)c1. The molecule has 2 aromatic rings. The van der Waals surface area contributed by atoms with Crippen molar-refractivity contribution in [2.45, 2.75) is 23.1 Å². The molecule has 2 N–H and O–H groups in total. The van der Waals surface area contributed by atoms with Crippen LogP contribution >= 0.6 is 23.2 Å². The van der Waals surface area contributed by atoms with Crippen molar-refractivity contribution in [2.24, 2.45) is 5.73 Å². The third-order valence-corrected chi connectivity index (χ3v) is 5.58. The van der Waals surface area contributed by atoms with Gasteiger partial charge in [0.15, 0.2) is 0 Å². The number of benzene rings is 2. The maximum absolute atomic E-state index is 12.6. The van der Waals surface area contributed by atoms with Gasteiger partial charge in [-0.3, -0.25) is 4.21 Å². The largest absolute Gasteiger partial charge is 0.323 e. The molecule has 0 aliphatic heterocycles. The summed E-state index contributed by atoms with van der Waals surface area (Å²) in [6.07, 6.45) is 0. The van der Waals surface area contributed by atoms with Crippen molar-refractivity contribution < 1.29 is 4.21 Å². The molecule has 0 saturated heterocycles. The second-order valence-electron chi connectivity index (χ2n) is 4.51. The molecule has 0 bridgehead atoms. The molecule has 0 aliphatic rings. The summed E-state index contributed by atoms with van der Waals surface area (Å²) >= 11 is 11.8. The first kappa shape index (κ1) is 15.5. The fourth-order valence-electron chi connectivity index (χ4n) is 1.90. The van der Waals surface area contributed by atoms with E-state index < -0.39 is 10.8 Å². The third kappa shape index (κ3) is 3.41. The van der Waals surface area contributed by atoms with Crippen LogP contribution in [0.2, 0.25) is 10.0 Å². The third-order valence-electron chi connectivity index (χ3n) is 3.15. The molecule has 5 heteroatoms. The summed E-state index contributed by atoms with van der Waals surface area (Å²) in [6, 6.07) is 14.3. The zero-order valence-electron chi connectivity index (χ0n) is 10.9. The fraction of sp³-hybridized carbons (Fsp3) is 0.200. The van der Waals surface area contributed by atoms with Crippen LogP contribution < -0.4 is 5.73 Å². The van der Waals surface area contributed by atoms with Gasteiger partial charge >= 0.3 is 0 Å². The van der Waals surface area contributed by atoms with Gasteiger partial charge in [0.25, 0.3) is 0 Å². The Morgan fingerprint density at radius 3 is 2.30 bits per heavy atom. The summed E-state index contributed by atoms with van der Waals surface area (Å²) < 4.78 is 12.6. The van der Waals surface area contributed by atoms with E-state index in [1.165, 1.54) is 0 Å². The summed E-state index contributed by atoms with van der Waals surface area (Å²) in [5.74, 6) is 0. The van der Waals surface area contributed by atoms with E-state index in [0.29, 0.717) is 14.9 Å². The van der Waals surface area contributed by atoms with Gasteiger partial charge in [-0.15, -0.1) is 0 Å². The van der Waals surface area contributed by atoms with Gasteiger partial charge in [0, 0.05) is 10.9 Å². The molecule has 0 aliphatic carbocycles. The fourth-order valence-corrected chi connectivity index (χ4v) is 3.55. The van der Waals surface area contributed by atoms with Crippen molar-refractivity contribution in [1.29, 1.82) is 0 Å². The Bertz CT molecular complexity index is 619. The Labute approximate surface area is 131 Å². The van der Waals surface area contributed by atoms with Crippen LogP contribution in [0.15, 0.2) is 53.4 Å². The Morgan fingerprint density at radius 2 is 1.70 bits per heavy atom. The van der Waals surface area contributed by atoms with Crippen molar-refractivity contribution in [3.8, 4) is 0 Å². The van der Waals surface area contributed by atoms with E-state index in [9.17, 15) is 4.21 Å². The Hall–Kier alpha value is -0.870. The van der Waals surface area contributed by atoms with Crippen molar-refractivity contribution in [2.75, 3.05) is 0 Å². The van der Waals surface area contributed by atoms with E-state index in [0.717, 1.165) is 5.56 Å². The first-order valence-corrected chi connectivity index (χ1v) is 8.13. The minimum atomic E-state index is -1.25. The average Bonchev–Trinajstić information content (AvgIpc) is 2.48. The lowest BCUT2D eigenvalue weighted by Gasteiger charge is -2.20. The summed E-state index contributed by atoms with van der Waals surface area (Å²) in [7, 11) is -1.25. The Morgan fingerprint density at radius 1 is 1.05 bits per heavy atom. The van der Waals surface area contributed by atoms with E-state index in [-0.39, 0.29) is 11.3 Å². The van der Waals surface area contributed by atoms with E-state index >= 15 is 0 Å². The van der Waals surface area contributed by atoms with Gasteiger partial charge in [-0.25, -0.2) is 0 Å². The molecule has 0 radical (unpaired) electrons. The lowest BCUT2D eigenvalue weighted by Crippen LogP contribution is -2.27.